The van der Waals surface area contributed by atoms with Crippen molar-refractivity contribution in [2.75, 3.05) is 39.3 Å². The summed E-state index contributed by atoms with van der Waals surface area (Å²) in [7, 11) is 0. The molecule has 3 heterocycles. The van der Waals surface area contributed by atoms with E-state index in [4.69, 9.17) is 0 Å². The summed E-state index contributed by atoms with van der Waals surface area (Å²) in [4.78, 5) is 20.0. The van der Waals surface area contributed by atoms with Gasteiger partial charge in [0.15, 0.2) is 0 Å². The zero-order valence-electron chi connectivity index (χ0n) is 14.4. The average molecular weight is 370 g/mol. The molecule has 2 fully saturated rings. The fourth-order valence-corrected chi connectivity index (χ4v) is 5.41. The molecule has 1 N–H and O–H groups in total. The molecule has 0 bridgehead atoms. The minimum Gasteiger partial charge on any atom is -0.336 e. The number of piperazine rings is 1. The van der Waals surface area contributed by atoms with Crippen LogP contribution in [-0.2, 0) is 12.8 Å². The molecule has 0 radical (unpaired) electrons. The average Bonchev–Trinajstić information content (AvgIpc) is 3.21. The number of rotatable bonds is 2. The molecule has 2 saturated heterocycles. The standard InChI is InChI=1S/C18H27N3OS.ClH/c1-13-2-3-16-14(10-13)11-17(23-16)18(22)21-7-4-15(12-21)20-8-5-19-6-9-20;/h11,13,15,19H,2-10,12H2,1H3;1H. The lowest BCUT2D eigenvalue weighted by Gasteiger charge is -2.32. The number of nitrogens with zero attached hydrogens (tertiary/aromatic N) is 2. The number of thiophene rings is 1. The van der Waals surface area contributed by atoms with E-state index in [0.29, 0.717) is 6.04 Å². The van der Waals surface area contributed by atoms with Crippen LogP contribution < -0.4 is 5.32 Å². The molecule has 0 saturated carbocycles. The highest BCUT2D eigenvalue weighted by molar-refractivity contribution is 7.14. The van der Waals surface area contributed by atoms with E-state index in [2.05, 4.69) is 28.1 Å². The predicted octanol–water partition coefficient (Wildman–Crippen LogP) is 2.41. The SMILES string of the molecule is CC1CCc2sc(C(=O)N3CCC(N4CCNCC4)C3)cc2C1.Cl. The van der Waals surface area contributed by atoms with Crippen molar-refractivity contribution in [1.82, 2.24) is 15.1 Å². The van der Waals surface area contributed by atoms with Gasteiger partial charge >= 0.3 is 0 Å². The minimum atomic E-state index is 0. The smallest absolute Gasteiger partial charge is 0.263 e. The van der Waals surface area contributed by atoms with Gasteiger partial charge in [0.2, 0.25) is 0 Å². The number of aryl methyl sites for hydroxylation is 1. The first kappa shape index (κ1) is 18.2. The Morgan fingerprint density at radius 2 is 2.04 bits per heavy atom. The number of halogens is 1. The number of fused-ring (bicyclic) bond motifs is 1. The Kier molecular flexibility index (Phi) is 5.85. The number of carbonyl (C=O) groups is 1. The molecule has 2 aliphatic heterocycles. The molecule has 1 aliphatic carbocycles. The van der Waals surface area contributed by atoms with Gasteiger partial charge in [0.1, 0.15) is 0 Å². The Hall–Kier alpha value is -0.620. The van der Waals surface area contributed by atoms with Crippen LogP contribution in [0.15, 0.2) is 6.07 Å². The molecule has 4 nitrogen and oxygen atoms in total. The molecular weight excluding hydrogens is 342 g/mol. The maximum atomic E-state index is 12.9. The van der Waals surface area contributed by atoms with E-state index in [1.807, 2.05) is 0 Å². The van der Waals surface area contributed by atoms with Crippen molar-refractivity contribution in [3.8, 4) is 0 Å². The predicted molar refractivity (Wildman–Crippen MR) is 102 cm³/mol. The molecule has 1 amide bonds. The summed E-state index contributed by atoms with van der Waals surface area (Å²) in [6, 6.07) is 2.76. The molecule has 0 aromatic carbocycles. The number of nitrogens with one attached hydrogen (secondary N) is 1. The Balaban J connectivity index is 0.00000169. The quantitative estimate of drug-likeness (QED) is 0.869. The van der Waals surface area contributed by atoms with Gasteiger partial charge < -0.3 is 10.2 Å². The molecule has 4 rings (SSSR count). The number of likely N-dealkylation sites (tertiary alicyclic amines) is 1. The van der Waals surface area contributed by atoms with Gasteiger partial charge in [-0.3, -0.25) is 9.69 Å². The van der Waals surface area contributed by atoms with Crippen LogP contribution in [0.3, 0.4) is 0 Å². The van der Waals surface area contributed by atoms with E-state index >= 15 is 0 Å². The zero-order valence-corrected chi connectivity index (χ0v) is 16.1. The summed E-state index contributed by atoms with van der Waals surface area (Å²) in [5, 5.41) is 3.41. The topological polar surface area (TPSA) is 35.6 Å². The third-order valence-electron chi connectivity index (χ3n) is 5.66. The fourth-order valence-electron chi connectivity index (χ4n) is 4.24. The van der Waals surface area contributed by atoms with Gasteiger partial charge in [0.05, 0.1) is 4.88 Å². The summed E-state index contributed by atoms with van der Waals surface area (Å²) < 4.78 is 0. The fraction of sp³-hybridized carbons (Fsp3) is 0.722. The summed E-state index contributed by atoms with van der Waals surface area (Å²) >= 11 is 1.75. The van der Waals surface area contributed by atoms with Crippen LogP contribution in [0.4, 0.5) is 0 Å². The van der Waals surface area contributed by atoms with Crippen molar-refractivity contribution < 1.29 is 4.79 Å². The maximum absolute atomic E-state index is 12.9. The van der Waals surface area contributed by atoms with Gasteiger partial charge in [-0.15, -0.1) is 23.7 Å². The Morgan fingerprint density at radius 3 is 2.83 bits per heavy atom. The summed E-state index contributed by atoms with van der Waals surface area (Å²) in [5.74, 6) is 1.04. The molecule has 6 heteroatoms. The van der Waals surface area contributed by atoms with Crippen LogP contribution in [0, 0.1) is 5.92 Å². The van der Waals surface area contributed by atoms with Gasteiger partial charge in [0.25, 0.3) is 5.91 Å². The second kappa shape index (κ2) is 7.73. The van der Waals surface area contributed by atoms with Crippen molar-refractivity contribution in [3.05, 3.63) is 21.4 Å². The highest BCUT2D eigenvalue weighted by Gasteiger charge is 2.32. The summed E-state index contributed by atoms with van der Waals surface area (Å²) in [6.07, 6.45) is 4.73. The monoisotopic (exact) mass is 369 g/mol. The lowest BCUT2D eigenvalue weighted by atomic mass is 9.90. The van der Waals surface area contributed by atoms with Crippen LogP contribution in [-0.4, -0.2) is 61.0 Å². The third kappa shape index (κ3) is 3.64. The maximum Gasteiger partial charge on any atom is 0.263 e. The van der Waals surface area contributed by atoms with Gasteiger partial charge in [-0.2, -0.15) is 0 Å². The first-order valence-electron chi connectivity index (χ1n) is 9.06. The van der Waals surface area contributed by atoms with E-state index in [-0.39, 0.29) is 18.3 Å². The first-order chi connectivity index (χ1) is 11.2. The van der Waals surface area contributed by atoms with Gasteiger partial charge in [0, 0.05) is 50.2 Å². The largest absolute Gasteiger partial charge is 0.336 e. The van der Waals surface area contributed by atoms with Crippen LogP contribution in [0.25, 0.3) is 0 Å². The number of carbonyl (C=O) groups excluding carboxylic acids is 1. The van der Waals surface area contributed by atoms with E-state index in [1.54, 1.807) is 11.3 Å². The summed E-state index contributed by atoms with van der Waals surface area (Å²) in [5.41, 5.74) is 1.44. The molecular formula is C18H28ClN3OS. The number of hydrogen-bond donors (Lipinski definition) is 1. The van der Waals surface area contributed by atoms with Crippen LogP contribution in [0.1, 0.15) is 39.9 Å². The van der Waals surface area contributed by atoms with Crippen LogP contribution in [0.5, 0.6) is 0 Å². The molecule has 3 aliphatic rings. The second-order valence-electron chi connectivity index (χ2n) is 7.39. The van der Waals surface area contributed by atoms with Crippen LogP contribution >= 0.6 is 23.7 Å². The molecule has 1 aromatic heterocycles. The second-order valence-corrected chi connectivity index (χ2v) is 8.52. The molecule has 2 unspecified atom stereocenters. The van der Waals surface area contributed by atoms with Crippen molar-refractivity contribution >= 4 is 29.7 Å². The normalized spacial score (nSPS) is 27.6. The first-order valence-corrected chi connectivity index (χ1v) is 9.88. The van der Waals surface area contributed by atoms with E-state index in [0.717, 1.165) is 69.3 Å². The van der Waals surface area contributed by atoms with Gasteiger partial charge in [-0.25, -0.2) is 0 Å². The molecule has 24 heavy (non-hydrogen) atoms. The minimum absolute atomic E-state index is 0. The highest BCUT2D eigenvalue weighted by atomic mass is 35.5. The Labute approximate surface area is 155 Å². The van der Waals surface area contributed by atoms with Gasteiger partial charge in [-0.1, -0.05) is 6.92 Å². The van der Waals surface area contributed by atoms with Crippen molar-refractivity contribution in [1.29, 1.82) is 0 Å². The van der Waals surface area contributed by atoms with Crippen molar-refractivity contribution in [2.45, 2.75) is 38.6 Å². The van der Waals surface area contributed by atoms with E-state index < -0.39 is 0 Å². The lowest BCUT2D eigenvalue weighted by molar-refractivity contribution is 0.0778. The third-order valence-corrected chi connectivity index (χ3v) is 6.88. The van der Waals surface area contributed by atoms with E-state index in [1.165, 1.54) is 16.9 Å². The van der Waals surface area contributed by atoms with E-state index in [9.17, 15) is 4.79 Å². The number of amides is 1. The molecule has 134 valence electrons. The highest BCUT2D eigenvalue weighted by Crippen LogP contribution is 2.33. The molecule has 1 aromatic rings. The van der Waals surface area contributed by atoms with Crippen LogP contribution in [0.2, 0.25) is 0 Å². The Morgan fingerprint density at radius 1 is 1.25 bits per heavy atom. The van der Waals surface area contributed by atoms with Crippen molar-refractivity contribution in [2.24, 2.45) is 5.92 Å². The van der Waals surface area contributed by atoms with Gasteiger partial charge in [-0.05, 0) is 43.2 Å². The Bertz CT molecular complexity index is 585. The lowest BCUT2D eigenvalue weighted by Crippen LogP contribution is -2.49. The molecule has 0 spiro atoms. The summed E-state index contributed by atoms with van der Waals surface area (Å²) in [6.45, 7) is 8.57. The zero-order chi connectivity index (χ0) is 15.8. The van der Waals surface area contributed by atoms with Crippen molar-refractivity contribution in [3.63, 3.8) is 0 Å². The number of hydrogen-bond acceptors (Lipinski definition) is 4. The molecule has 2 atom stereocenters.